The Kier molecular flexibility index (Phi) is 4.43. The number of aromatic nitrogens is 4. The third-order valence-corrected chi connectivity index (χ3v) is 5.42. The van der Waals surface area contributed by atoms with E-state index in [4.69, 9.17) is 9.72 Å². The van der Waals surface area contributed by atoms with Gasteiger partial charge < -0.3 is 4.74 Å². The predicted octanol–water partition coefficient (Wildman–Crippen LogP) is 4.89. The Hall–Kier alpha value is -3.34. The van der Waals surface area contributed by atoms with Gasteiger partial charge in [0.05, 0.1) is 23.4 Å². The highest BCUT2D eigenvalue weighted by molar-refractivity contribution is 5.78. The predicted molar refractivity (Wildman–Crippen MR) is 113 cm³/mol. The lowest BCUT2D eigenvalue weighted by molar-refractivity contribution is 0.285. The van der Waals surface area contributed by atoms with E-state index in [1.165, 1.54) is 5.39 Å². The maximum Gasteiger partial charge on any atom is 0.226 e. The van der Waals surface area contributed by atoms with Gasteiger partial charge in [-0.1, -0.05) is 24.3 Å². The summed E-state index contributed by atoms with van der Waals surface area (Å²) in [4.78, 5) is 18.2. The van der Waals surface area contributed by atoms with Crippen molar-refractivity contribution < 1.29 is 4.74 Å². The van der Waals surface area contributed by atoms with Gasteiger partial charge in [0, 0.05) is 35.3 Å². The van der Waals surface area contributed by atoms with E-state index in [0.29, 0.717) is 30.1 Å². The van der Waals surface area contributed by atoms with E-state index >= 15 is 0 Å². The van der Waals surface area contributed by atoms with Crippen molar-refractivity contribution in [2.45, 2.75) is 26.2 Å². The highest BCUT2D eigenvalue weighted by Gasteiger charge is 2.40. The van der Waals surface area contributed by atoms with Crippen LogP contribution in [0, 0.1) is 19.8 Å². The molecule has 29 heavy (non-hydrogen) atoms. The number of hydrogen-bond acceptors (Lipinski definition) is 5. The first kappa shape index (κ1) is 17.7. The Balaban J connectivity index is 1.32. The van der Waals surface area contributed by atoms with Crippen molar-refractivity contribution in [1.29, 1.82) is 0 Å². The molecule has 1 aromatic carbocycles. The molecule has 5 nitrogen and oxygen atoms in total. The number of fused-ring (bicyclic) bond motifs is 1. The number of para-hydroxylation sites is 1. The number of nitrogens with zero attached hydrogens (tertiary/aromatic N) is 4. The zero-order valence-electron chi connectivity index (χ0n) is 16.5. The third-order valence-electron chi connectivity index (χ3n) is 5.42. The summed E-state index contributed by atoms with van der Waals surface area (Å²) in [5.74, 6) is 2.20. The van der Waals surface area contributed by atoms with Crippen molar-refractivity contribution in [2.24, 2.45) is 5.92 Å². The summed E-state index contributed by atoms with van der Waals surface area (Å²) in [6.45, 7) is 4.54. The average molecular weight is 382 g/mol. The van der Waals surface area contributed by atoms with Crippen LogP contribution in [0.4, 0.5) is 0 Å². The van der Waals surface area contributed by atoms with Crippen LogP contribution >= 0.6 is 0 Å². The van der Waals surface area contributed by atoms with Crippen LogP contribution in [0.3, 0.4) is 0 Å². The second-order valence-corrected chi connectivity index (χ2v) is 7.70. The second-order valence-electron chi connectivity index (χ2n) is 7.70. The molecule has 0 spiro atoms. The summed E-state index contributed by atoms with van der Waals surface area (Å²) in [5, 5.41) is 1.18. The fourth-order valence-corrected chi connectivity index (χ4v) is 3.69. The Morgan fingerprint density at radius 2 is 1.90 bits per heavy atom. The molecule has 1 aliphatic rings. The van der Waals surface area contributed by atoms with Crippen LogP contribution in [0.5, 0.6) is 5.88 Å². The first-order chi connectivity index (χ1) is 14.2. The zero-order valence-corrected chi connectivity index (χ0v) is 16.5. The number of ether oxygens (including phenoxy) is 1. The fourth-order valence-electron chi connectivity index (χ4n) is 3.69. The quantitative estimate of drug-likeness (QED) is 0.492. The highest BCUT2D eigenvalue weighted by Crippen LogP contribution is 2.47. The van der Waals surface area contributed by atoms with E-state index in [1.807, 2.05) is 38.1 Å². The van der Waals surface area contributed by atoms with E-state index in [1.54, 1.807) is 12.4 Å². The molecule has 0 saturated heterocycles. The molecule has 5 heteroatoms. The molecule has 1 fully saturated rings. The Morgan fingerprint density at radius 1 is 1.00 bits per heavy atom. The Labute approximate surface area is 169 Å². The summed E-state index contributed by atoms with van der Waals surface area (Å²) in [6, 6.07) is 16.5. The topological polar surface area (TPSA) is 60.8 Å². The molecule has 1 aliphatic carbocycles. The summed E-state index contributed by atoms with van der Waals surface area (Å²) < 4.78 is 6.16. The van der Waals surface area contributed by atoms with Crippen LogP contribution in [0.15, 0.2) is 60.9 Å². The maximum atomic E-state index is 6.16. The van der Waals surface area contributed by atoms with E-state index < -0.39 is 0 Å². The molecule has 0 aliphatic heterocycles. The maximum absolute atomic E-state index is 6.16. The molecule has 0 bridgehead atoms. The van der Waals surface area contributed by atoms with Gasteiger partial charge in [-0.15, -0.1) is 0 Å². The lowest BCUT2D eigenvalue weighted by Gasteiger charge is -2.11. The van der Waals surface area contributed by atoms with E-state index in [-0.39, 0.29) is 0 Å². The normalized spacial score (nSPS) is 18.0. The van der Waals surface area contributed by atoms with E-state index in [0.717, 1.165) is 34.5 Å². The molecule has 2 atom stereocenters. The lowest BCUT2D eigenvalue weighted by atomic mass is 10.1. The number of benzene rings is 1. The molecule has 0 N–H and O–H groups in total. The van der Waals surface area contributed by atoms with Crippen molar-refractivity contribution in [2.75, 3.05) is 6.61 Å². The number of rotatable bonds is 5. The molecular formula is C24H22N4O. The molecule has 4 aromatic rings. The van der Waals surface area contributed by atoms with Gasteiger partial charge in [0.25, 0.3) is 0 Å². The summed E-state index contributed by atoms with van der Waals surface area (Å²) in [5.41, 5.74) is 5.02. The van der Waals surface area contributed by atoms with E-state index in [9.17, 15) is 0 Å². The van der Waals surface area contributed by atoms with Gasteiger partial charge in [0.1, 0.15) is 5.82 Å². The molecule has 144 valence electrons. The van der Waals surface area contributed by atoms with Crippen LogP contribution in [-0.4, -0.2) is 26.5 Å². The zero-order chi connectivity index (χ0) is 19.8. The van der Waals surface area contributed by atoms with E-state index in [2.05, 4.69) is 39.2 Å². The number of hydrogen-bond donors (Lipinski definition) is 0. The number of pyridine rings is 2. The largest absolute Gasteiger partial charge is 0.477 e. The Bertz CT molecular complexity index is 1190. The molecule has 0 radical (unpaired) electrons. The molecule has 1 saturated carbocycles. The minimum absolute atomic E-state index is 0.447. The molecule has 3 heterocycles. The molecular weight excluding hydrogens is 360 g/mol. The molecule has 0 unspecified atom stereocenters. The molecule has 5 rings (SSSR count). The van der Waals surface area contributed by atoms with Crippen molar-refractivity contribution >= 4 is 10.9 Å². The number of aryl methyl sites for hydroxylation is 2. The minimum Gasteiger partial charge on any atom is -0.477 e. The van der Waals surface area contributed by atoms with Gasteiger partial charge >= 0.3 is 0 Å². The van der Waals surface area contributed by atoms with Crippen molar-refractivity contribution in [3.05, 3.63) is 78.0 Å². The Morgan fingerprint density at radius 3 is 2.79 bits per heavy atom. The smallest absolute Gasteiger partial charge is 0.226 e. The first-order valence-corrected chi connectivity index (χ1v) is 9.92. The van der Waals surface area contributed by atoms with Crippen LogP contribution < -0.4 is 4.74 Å². The SMILES string of the molecule is Cc1ccnc(-c2cnc(C)nc2OC[C@H]2C[C@@H]2c2ccc3ccccc3n2)c1. The summed E-state index contributed by atoms with van der Waals surface area (Å²) in [7, 11) is 0. The fraction of sp³-hybridized carbons (Fsp3) is 0.250. The summed E-state index contributed by atoms with van der Waals surface area (Å²) in [6.07, 6.45) is 4.69. The second kappa shape index (κ2) is 7.24. The van der Waals surface area contributed by atoms with Gasteiger partial charge in [0.2, 0.25) is 5.88 Å². The van der Waals surface area contributed by atoms with Crippen molar-refractivity contribution in [3.8, 4) is 17.1 Å². The van der Waals surface area contributed by atoms with Crippen LogP contribution in [0.25, 0.3) is 22.2 Å². The molecule has 0 amide bonds. The van der Waals surface area contributed by atoms with Gasteiger partial charge in [-0.05, 0) is 50.1 Å². The van der Waals surface area contributed by atoms with Crippen molar-refractivity contribution in [3.63, 3.8) is 0 Å². The van der Waals surface area contributed by atoms with Crippen LogP contribution in [0.1, 0.15) is 29.4 Å². The van der Waals surface area contributed by atoms with Crippen LogP contribution in [0.2, 0.25) is 0 Å². The van der Waals surface area contributed by atoms with Gasteiger partial charge in [-0.2, -0.15) is 4.98 Å². The first-order valence-electron chi connectivity index (χ1n) is 9.92. The third kappa shape index (κ3) is 3.68. The minimum atomic E-state index is 0.447. The van der Waals surface area contributed by atoms with Crippen LogP contribution in [-0.2, 0) is 0 Å². The highest BCUT2D eigenvalue weighted by atomic mass is 16.5. The van der Waals surface area contributed by atoms with Gasteiger partial charge in [0.15, 0.2) is 0 Å². The molecule has 3 aromatic heterocycles. The summed E-state index contributed by atoms with van der Waals surface area (Å²) >= 11 is 0. The van der Waals surface area contributed by atoms with Gasteiger partial charge in [-0.25, -0.2) is 4.98 Å². The standard InChI is InChI=1S/C24H22N4O/c1-15-9-10-25-23(11-15)20-13-26-16(2)27-24(20)29-14-18-12-19(18)22-8-7-17-5-3-4-6-21(17)28-22/h3-11,13,18-19H,12,14H2,1-2H3/t18-,19+/m1/s1. The van der Waals surface area contributed by atoms with Crippen molar-refractivity contribution in [1.82, 2.24) is 19.9 Å². The van der Waals surface area contributed by atoms with Gasteiger partial charge in [-0.3, -0.25) is 9.97 Å². The average Bonchev–Trinajstić information content (AvgIpc) is 3.52. The monoisotopic (exact) mass is 382 g/mol. The lowest BCUT2D eigenvalue weighted by Crippen LogP contribution is -2.06.